The van der Waals surface area contributed by atoms with Crippen LogP contribution in [0.4, 0.5) is 0 Å². The molecule has 1 aromatic carbocycles. The van der Waals surface area contributed by atoms with Crippen molar-refractivity contribution in [3.05, 3.63) is 53.3 Å². The van der Waals surface area contributed by atoms with Crippen LogP contribution in [0.5, 0.6) is 0 Å². The second-order valence-corrected chi connectivity index (χ2v) is 5.00. The fourth-order valence-electron chi connectivity index (χ4n) is 2.46. The molecule has 0 fully saturated rings. The lowest BCUT2D eigenvalue weighted by Crippen LogP contribution is -2.23. The zero-order valence-corrected chi connectivity index (χ0v) is 12.5. The van der Waals surface area contributed by atoms with Gasteiger partial charge in [0.05, 0.1) is 11.7 Å². The van der Waals surface area contributed by atoms with E-state index in [2.05, 4.69) is 30.2 Å². The number of rotatable bonds is 6. The van der Waals surface area contributed by atoms with E-state index >= 15 is 0 Å². The molecule has 0 aliphatic rings. The Morgan fingerprint density at radius 1 is 1.29 bits per heavy atom. The molecule has 3 N–H and O–H groups in total. The maximum absolute atomic E-state index is 8.89. The van der Waals surface area contributed by atoms with E-state index < -0.39 is 0 Å². The summed E-state index contributed by atoms with van der Waals surface area (Å²) in [6.07, 6.45) is 2.22. The van der Waals surface area contributed by atoms with Gasteiger partial charge in [-0.05, 0) is 24.5 Å². The summed E-state index contributed by atoms with van der Waals surface area (Å²) in [7, 11) is 0. The second kappa shape index (κ2) is 6.92. The smallest absolute Gasteiger partial charge is 0.141 e. The number of hydrogen-bond acceptors (Lipinski definition) is 3. The minimum atomic E-state index is -0.0580. The van der Waals surface area contributed by atoms with Gasteiger partial charge in [0.15, 0.2) is 0 Å². The minimum Gasteiger partial charge on any atom is -0.409 e. The predicted molar refractivity (Wildman–Crippen MR) is 83.6 cm³/mol. The fourth-order valence-corrected chi connectivity index (χ4v) is 2.46. The zero-order chi connectivity index (χ0) is 15.2. The van der Waals surface area contributed by atoms with Crippen LogP contribution in [0.15, 0.2) is 41.6 Å². The third-order valence-corrected chi connectivity index (χ3v) is 3.60. The molecule has 0 saturated carbocycles. The van der Waals surface area contributed by atoms with E-state index in [9.17, 15) is 0 Å². The van der Waals surface area contributed by atoms with Crippen LogP contribution in [0.3, 0.4) is 0 Å². The molecule has 5 heteroatoms. The van der Waals surface area contributed by atoms with E-state index in [1.165, 1.54) is 0 Å². The van der Waals surface area contributed by atoms with E-state index in [1.54, 1.807) is 0 Å². The minimum absolute atomic E-state index is 0.0580. The van der Waals surface area contributed by atoms with Gasteiger partial charge in [0.2, 0.25) is 0 Å². The van der Waals surface area contributed by atoms with Crippen LogP contribution in [-0.2, 0) is 12.8 Å². The molecular weight excluding hydrogens is 264 g/mol. The first-order chi connectivity index (χ1) is 10.2. The van der Waals surface area contributed by atoms with Crippen molar-refractivity contribution in [1.82, 2.24) is 9.78 Å². The largest absolute Gasteiger partial charge is 0.409 e. The molecule has 0 spiro atoms. The number of benzene rings is 1. The number of hydrogen-bond donors (Lipinski definition) is 2. The highest BCUT2D eigenvalue weighted by Crippen LogP contribution is 2.24. The number of oxime groups is 1. The molecule has 21 heavy (non-hydrogen) atoms. The van der Waals surface area contributed by atoms with Crippen molar-refractivity contribution in [2.24, 2.45) is 10.9 Å². The summed E-state index contributed by atoms with van der Waals surface area (Å²) < 4.78 is 2.01. The van der Waals surface area contributed by atoms with Crippen molar-refractivity contribution in [3.63, 3.8) is 0 Å². The molecule has 0 aliphatic heterocycles. The van der Waals surface area contributed by atoms with Gasteiger partial charge in [-0.2, -0.15) is 5.10 Å². The molecule has 1 aromatic heterocycles. The Morgan fingerprint density at radius 2 is 2.00 bits per heavy atom. The molecule has 0 amide bonds. The molecule has 2 aromatic rings. The lowest BCUT2D eigenvalue weighted by atomic mass is 10.0. The van der Waals surface area contributed by atoms with Gasteiger partial charge in [0.1, 0.15) is 5.84 Å². The van der Waals surface area contributed by atoms with Crippen LogP contribution < -0.4 is 5.73 Å². The summed E-state index contributed by atoms with van der Waals surface area (Å²) in [5.74, 6) is 0.208. The molecule has 1 unspecified atom stereocenters. The van der Waals surface area contributed by atoms with Gasteiger partial charge < -0.3 is 10.9 Å². The molecule has 1 heterocycles. The highest BCUT2D eigenvalue weighted by Gasteiger charge is 2.19. The highest BCUT2D eigenvalue weighted by molar-refractivity contribution is 5.80. The third-order valence-electron chi connectivity index (χ3n) is 3.60. The number of amidine groups is 1. The van der Waals surface area contributed by atoms with Crippen LogP contribution in [-0.4, -0.2) is 20.8 Å². The lowest BCUT2D eigenvalue weighted by Gasteiger charge is -2.20. The molecule has 0 bridgehead atoms. The number of nitrogens with zero attached hydrogens (tertiary/aromatic N) is 3. The van der Waals surface area contributed by atoms with Crippen molar-refractivity contribution in [3.8, 4) is 0 Å². The Kier molecular flexibility index (Phi) is 4.98. The maximum Gasteiger partial charge on any atom is 0.141 e. The second-order valence-electron chi connectivity index (χ2n) is 5.00. The summed E-state index contributed by atoms with van der Waals surface area (Å²) in [5.41, 5.74) is 9.06. The van der Waals surface area contributed by atoms with Gasteiger partial charge in [0, 0.05) is 12.1 Å². The Labute approximate surface area is 125 Å². The molecule has 0 saturated heterocycles. The van der Waals surface area contributed by atoms with E-state index in [1.807, 2.05) is 35.0 Å². The monoisotopic (exact) mass is 286 g/mol. The highest BCUT2D eigenvalue weighted by atomic mass is 16.4. The quantitative estimate of drug-likeness (QED) is 0.371. The van der Waals surface area contributed by atoms with Crippen LogP contribution in [0.25, 0.3) is 0 Å². The van der Waals surface area contributed by atoms with E-state index in [-0.39, 0.29) is 11.9 Å². The summed E-state index contributed by atoms with van der Waals surface area (Å²) in [4.78, 5) is 0. The molecule has 0 radical (unpaired) electrons. The maximum atomic E-state index is 8.89. The first kappa shape index (κ1) is 15.1. The Morgan fingerprint density at radius 3 is 2.57 bits per heavy atom. The average Bonchev–Trinajstić information content (AvgIpc) is 2.96. The zero-order valence-electron chi connectivity index (χ0n) is 12.5. The number of aromatic nitrogens is 2. The van der Waals surface area contributed by atoms with Crippen molar-refractivity contribution in [2.45, 2.75) is 39.2 Å². The van der Waals surface area contributed by atoms with Gasteiger partial charge in [-0.15, -0.1) is 0 Å². The molecular formula is C16H22N4O. The summed E-state index contributed by atoms with van der Waals surface area (Å²) in [6.45, 7) is 4.20. The molecule has 2 rings (SSSR count). The first-order valence-electron chi connectivity index (χ1n) is 7.28. The van der Waals surface area contributed by atoms with Crippen LogP contribution >= 0.6 is 0 Å². The number of nitrogens with two attached hydrogens (primary N) is 1. The molecule has 112 valence electrons. The Hall–Kier alpha value is -2.30. The van der Waals surface area contributed by atoms with Crippen LogP contribution in [0, 0.1) is 0 Å². The summed E-state index contributed by atoms with van der Waals surface area (Å²) >= 11 is 0. The SMILES string of the molecule is CCc1cc(CC)n(C(C/C(N)=N/O)c2ccccc2)n1. The van der Waals surface area contributed by atoms with Crippen LogP contribution in [0.2, 0.25) is 0 Å². The number of aryl methyl sites for hydroxylation is 2. The van der Waals surface area contributed by atoms with E-state index in [4.69, 9.17) is 10.9 Å². The van der Waals surface area contributed by atoms with E-state index in [0.29, 0.717) is 6.42 Å². The standard InChI is InChI=1S/C16H22N4O/c1-3-13-10-14(4-2)20(18-13)15(11-16(17)19-21)12-8-6-5-7-9-12/h5-10,15,21H,3-4,11H2,1-2H3,(H2,17,19). The Balaban J connectivity index is 2.46. The predicted octanol–water partition coefficient (Wildman–Crippen LogP) is 2.73. The normalized spacial score (nSPS) is 13.3. The van der Waals surface area contributed by atoms with Gasteiger partial charge in [-0.3, -0.25) is 4.68 Å². The molecule has 1 atom stereocenters. The van der Waals surface area contributed by atoms with Crippen molar-refractivity contribution < 1.29 is 5.21 Å². The topological polar surface area (TPSA) is 76.4 Å². The average molecular weight is 286 g/mol. The van der Waals surface area contributed by atoms with Gasteiger partial charge in [-0.25, -0.2) is 0 Å². The van der Waals surface area contributed by atoms with Gasteiger partial charge in [-0.1, -0.05) is 49.3 Å². The first-order valence-corrected chi connectivity index (χ1v) is 7.28. The van der Waals surface area contributed by atoms with Crippen molar-refractivity contribution >= 4 is 5.84 Å². The van der Waals surface area contributed by atoms with Crippen molar-refractivity contribution in [1.29, 1.82) is 0 Å². The summed E-state index contributed by atoms with van der Waals surface area (Å²) in [5, 5.41) is 16.7. The van der Waals surface area contributed by atoms with Gasteiger partial charge in [0.25, 0.3) is 0 Å². The van der Waals surface area contributed by atoms with E-state index in [0.717, 1.165) is 29.8 Å². The lowest BCUT2D eigenvalue weighted by molar-refractivity contribution is 0.315. The third kappa shape index (κ3) is 3.42. The fraction of sp³-hybridized carbons (Fsp3) is 0.375. The molecule has 5 nitrogen and oxygen atoms in total. The summed E-state index contributed by atoms with van der Waals surface area (Å²) in [6, 6.07) is 12.1. The van der Waals surface area contributed by atoms with Crippen LogP contribution in [0.1, 0.15) is 43.3 Å². The molecule has 0 aliphatic carbocycles. The van der Waals surface area contributed by atoms with Crippen molar-refractivity contribution in [2.75, 3.05) is 0 Å². The van der Waals surface area contributed by atoms with Gasteiger partial charge >= 0.3 is 0 Å². The Bertz CT molecular complexity index is 604.